The lowest BCUT2D eigenvalue weighted by Crippen LogP contribution is -2.20. The molecule has 0 spiro atoms. The van der Waals surface area contributed by atoms with Gasteiger partial charge in [0.2, 0.25) is 0 Å². The summed E-state index contributed by atoms with van der Waals surface area (Å²) in [6.07, 6.45) is 4.01. The Morgan fingerprint density at radius 3 is 2.86 bits per heavy atom. The molecule has 1 aromatic carbocycles. The van der Waals surface area contributed by atoms with Crippen LogP contribution in [-0.2, 0) is 6.42 Å². The minimum Gasteiger partial charge on any atom is -0.310 e. The number of hydrogen-bond donors (Lipinski definition) is 1. The van der Waals surface area contributed by atoms with Crippen LogP contribution in [0.5, 0.6) is 0 Å². The first-order valence-corrected chi connectivity index (χ1v) is 8.32. The van der Waals surface area contributed by atoms with Crippen molar-refractivity contribution in [2.75, 3.05) is 6.54 Å². The minimum atomic E-state index is 0.393. The van der Waals surface area contributed by atoms with Gasteiger partial charge in [-0.1, -0.05) is 24.3 Å². The third-order valence-corrected chi connectivity index (χ3v) is 4.75. The number of rotatable bonds is 6. The van der Waals surface area contributed by atoms with Gasteiger partial charge in [0.1, 0.15) is 0 Å². The standard InChI is InChI=1S/C18H20N2S/c1-14(17-13-21-18-10-3-2-9-16(17)18)19-12-6-8-15-7-4-5-11-20-15/h2-5,7,9-11,13-14,19H,6,8,12H2,1H3. The van der Waals surface area contributed by atoms with Crippen LogP contribution in [0.1, 0.15) is 30.6 Å². The van der Waals surface area contributed by atoms with E-state index >= 15 is 0 Å². The predicted molar refractivity (Wildman–Crippen MR) is 90.8 cm³/mol. The maximum absolute atomic E-state index is 4.36. The highest BCUT2D eigenvalue weighted by molar-refractivity contribution is 7.17. The summed E-state index contributed by atoms with van der Waals surface area (Å²) in [6.45, 7) is 3.26. The number of aromatic nitrogens is 1. The molecule has 3 heteroatoms. The van der Waals surface area contributed by atoms with Crippen LogP contribution in [-0.4, -0.2) is 11.5 Å². The molecule has 3 aromatic rings. The number of nitrogens with zero attached hydrogens (tertiary/aromatic N) is 1. The lowest BCUT2D eigenvalue weighted by atomic mass is 10.1. The van der Waals surface area contributed by atoms with Crippen LogP contribution in [0.15, 0.2) is 54.0 Å². The summed E-state index contributed by atoms with van der Waals surface area (Å²) < 4.78 is 1.37. The van der Waals surface area contributed by atoms with E-state index in [1.165, 1.54) is 21.3 Å². The average molecular weight is 296 g/mol. The molecule has 3 rings (SSSR count). The second kappa shape index (κ2) is 6.83. The first-order chi connectivity index (χ1) is 10.3. The van der Waals surface area contributed by atoms with E-state index in [9.17, 15) is 0 Å². The van der Waals surface area contributed by atoms with Crippen LogP contribution in [0.4, 0.5) is 0 Å². The van der Waals surface area contributed by atoms with Crippen molar-refractivity contribution in [3.63, 3.8) is 0 Å². The van der Waals surface area contributed by atoms with Crippen molar-refractivity contribution in [3.8, 4) is 0 Å². The fourth-order valence-corrected chi connectivity index (χ4v) is 3.63. The number of hydrogen-bond acceptors (Lipinski definition) is 3. The molecule has 0 amide bonds. The number of aryl methyl sites for hydroxylation is 1. The van der Waals surface area contributed by atoms with Gasteiger partial charge < -0.3 is 5.32 Å². The Hall–Kier alpha value is -1.71. The molecule has 0 fully saturated rings. The topological polar surface area (TPSA) is 24.9 Å². The Kier molecular flexibility index (Phi) is 4.63. The fourth-order valence-electron chi connectivity index (χ4n) is 2.58. The number of nitrogens with one attached hydrogen (secondary N) is 1. The highest BCUT2D eigenvalue weighted by Crippen LogP contribution is 2.29. The highest BCUT2D eigenvalue weighted by Gasteiger charge is 2.10. The van der Waals surface area contributed by atoms with E-state index in [4.69, 9.17) is 0 Å². The maximum Gasteiger partial charge on any atom is 0.0404 e. The van der Waals surface area contributed by atoms with Gasteiger partial charge in [0.15, 0.2) is 0 Å². The molecular formula is C18H20N2S. The van der Waals surface area contributed by atoms with Crippen molar-refractivity contribution in [2.24, 2.45) is 0 Å². The summed E-state index contributed by atoms with van der Waals surface area (Å²) in [7, 11) is 0. The maximum atomic E-state index is 4.36. The lowest BCUT2D eigenvalue weighted by molar-refractivity contribution is 0.560. The van der Waals surface area contributed by atoms with Gasteiger partial charge in [-0.05, 0) is 60.8 Å². The molecular weight excluding hydrogens is 276 g/mol. The van der Waals surface area contributed by atoms with Crippen molar-refractivity contribution in [1.29, 1.82) is 0 Å². The molecule has 0 aliphatic carbocycles. The van der Waals surface area contributed by atoms with Gasteiger partial charge in [-0.2, -0.15) is 0 Å². The highest BCUT2D eigenvalue weighted by atomic mass is 32.1. The molecule has 0 radical (unpaired) electrons. The van der Waals surface area contributed by atoms with E-state index in [1.54, 1.807) is 0 Å². The molecule has 0 saturated carbocycles. The van der Waals surface area contributed by atoms with Crippen molar-refractivity contribution in [3.05, 3.63) is 65.3 Å². The average Bonchev–Trinajstić information content (AvgIpc) is 2.96. The minimum absolute atomic E-state index is 0.393. The van der Waals surface area contributed by atoms with Gasteiger partial charge in [0.25, 0.3) is 0 Å². The van der Waals surface area contributed by atoms with Gasteiger partial charge in [-0.15, -0.1) is 11.3 Å². The van der Waals surface area contributed by atoms with Crippen molar-refractivity contribution in [2.45, 2.75) is 25.8 Å². The first kappa shape index (κ1) is 14.2. The Balaban J connectivity index is 1.53. The predicted octanol–water partition coefficient (Wildman–Crippen LogP) is 4.58. The number of pyridine rings is 1. The molecule has 21 heavy (non-hydrogen) atoms. The summed E-state index contributed by atoms with van der Waals surface area (Å²) >= 11 is 1.83. The molecule has 0 aliphatic rings. The Morgan fingerprint density at radius 1 is 1.14 bits per heavy atom. The lowest BCUT2D eigenvalue weighted by Gasteiger charge is -2.13. The molecule has 1 unspecified atom stereocenters. The molecule has 2 aromatic heterocycles. The number of benzene rings is 1. The summed E-state index contributed by atoms with van der Waals surface area (Å²) in [5.74, 6) is 0. The summed E-state index contributed by atoms with van der Waals surface area (Å²) in [5, 5.41) is 7.29. The third kappa shape index (κ3) is 3.49. The molecule has 1 atom stereocenters. The van der Waals surface area contributed by atoms with E-state index in [-0.39, 0.29) is 0 Å². The monoisotopic (exact) mass is 296 g/mol. The van der Waals surface area contributed by atoms with Crippen molar-refractivity contribution >= 4 is 21.4 Å². The second-order valence-electron chi connectivity index (χ2n) is 5.29. The molecule has 108 valence electrons. The fraction of sp³-hybridized carbons (Fsp3) is 0.278. The van der Waals surface area contributed by atoms with Crippen LogP contribution in [0.25, 0.3) is 10.1 Å². The third-order valence-electron chi connectivity index (χ3n) is 3.76. The van der Waals surface area contributed by atoms with Crippen LogP contribution in [0.2, 0.25) is 0 Å². The first-order valence-electron chi connectivity index (χ1n) is 7.44. The molecule has 0 bridgehead atoms. The van der Waals surface area contributed by atoms with E-state index in [0.717, 1.165) is 19.4 Å². The molecule has 2 nitrogen and oxygen atoms in total. The van der Waals surface area contributed by atoms with Gasteiger partial charge in [0.05, 0.1) is 0 Å². The van der Waals surface area contributed by atoms with E-state index < -0.39 is 0 Å². The van der Waals surface area contributed by atoms with Crippen LogP contribution in [0.3, 0.4) is 0 Å². The van der Waals surface area contributed by atoms with Gasteiger partial charge >= 0.3 is 0 Å². The summed E-state index contributed by atoms with van der Waals surface area (Å²) in [5.41, 5.74) is 2.58. The SMILES string of the molecule is CC(NCCCc1ccccn1)c1csc2ccccc12. The Labute approximate surface area is 129 Å². The van der Waals surface area contributed by atoms with Crippen LogP contribution < -0.4 is 5.32 Å². The van der Waals surface area contributed by atoms with Gasteiger partial charge in [-0.25, -0.2) is 0 Å². The zero-order chi connectivity index (χ0) is 14.5. The number of thiophene rings is 1. The molecule has 1 N–H and O–H groups in total. The summed E-state index contributed by atoms with van der Waals surface area (Å²) in [4.78, 5) is 4.36. The summed E-state index contributed by atoms with van der Waals surface area (Å²) in [6, 6.07) is 15.1. The van der Waals surface area contributed by atoms with Crippen LogP contribution in [0, 0.1) is 0 Å². The molecule has 0 saturated heterocycles. The zero-order valence-corrected chi connectivity index (χ0v) is 13.1. The molecule has 2 heterocycles. The smallest absolute Gasteiger partial charge is 0.0404 e. The Bertz CT molecular complexity index is 691. The van der Waals surface area contributed by atoms with Crippen molar-refractivity contribution in [1.82, 2.24) is 10.3 Å². The van der Waals surface area contributed by atoms with Gasteiger partial charge in [-0.3, -0.25) is 4.98 Å². The molecule has 0 aliphatic heterocycles. The van der Waals surface area contributed by atoms with Crippen molar-refractivity contribution < 1.29 is 0 Å². The van der Waals surface area contributed by atoms with E-state index in [2.05, 4.69) is 59.0 Å². The normalized spacial score (nSPS) is 12.6. The van der Waals surface area contributed by atoms with Crippen LogP contribution >= 0.6 is 11.3 Å². The largest absolute Gasteiger partial charge is 0.310 e. The Morgan fingerprint density at radius 2 is 2.00 bits per heavy atom. The quantitative estimate of drug-likeness (QED) is 0.673. The van der Waals surface area contributed by atoms with E-state index in [1.807, 2.05) is 23.6 Å². The van der Waals surface area contributed by atoms with Gasteiger partial charge in [0, 0.05) is 22.6 Å². The van der Waals surface area contributed by atoms with E-state index in [0.29, 0.717) is 6.04 Å². The number of fused-ring (bicyclic) bond motifs is 1. The zero-order valence-electron chi connectivity index (χ0n) is 12.3. The second-order valence-corrected chi connectivity index (χ2v) is 6.20.